The third kappa shape index (κ3) is 5.10. The average Bonchev–Trinajstić information content (AvgIpc) is 3.19. The van der Waals surface area contributed by atoms with Crippen LogP contribution in [0.2, 0.25) is 0 Å². The molecule has 31 heavy (non-hydrogen) atoms. The molecule has 1 aromatic heterocycles. The van der Waals surface area contributed by atoms with Crippen molar-refractivity contribution in [3.8, 4) is 17.2 Å². The molecule has 3 N–H and O–H groups in total. The van der Waals surface area contributed by atoms with E-state index in [0.717, 1.165) is 39.1 Å². The fraction of sp³-hybridized carbons (Fsp3) is 0.280. The first-order chi connectivity index (χ1) is 15.3. The minimum atomic E-state index is -0.553. The number of aliphatic hydroxyl groups is 1. The molecule has 3 aromatic carbocycles. The standard InChI is InChI=1S/C25H28N2O4/c1-29-22-10-4-5-11-23(22)30-16-15-26-14-13-18(28)17-31-24-12-6-9-21-25(24)19-7-2-3-8-20(19)27-21/h2-12,18,26-28H,13-17H2,1H3. The topological polar surface area (TPSA) is 75.7 Å². The largest absolute Gasteiger partial charge is 0.493 e. The molecule has 1 heterocycles. The number of benzene rings is 3. The maximum Gasteiger partial charge on any atom is 0.161 e. The summed E-state index contributed by atoms with van der Waals surface area (Å²) >= 11 is 0. The number of hydrogen-bond acceptors (Lipinski definition) is 5. The highest BCUT2D eigenvalue weighted by Crippen LogP contribution is 2.33. The van der Waals surface area contributed by atoms with E-state index in [1.54, 1.807) is 7.11 Å². The van der Waals surface area contributed by atoms with Crippen LogP contribution in [-0.2, 0) is 0 Å². The lowest BCUT2D eigenvalue weighted by atomic mass is 10.1. The predicted octanol–water partition coefficient (Wildman–Crippen LogP) is 4.13. The number of rotatable bonds is 11. The number of aromatic amines is 1. The Morgan fingerprint density at radius 3 is 2.45 bits per heavy atom. The molecule has 0 radical (unpaired) electrons. The number of nitrogens with one attached hydrogen (secondary N) is 2. The highest BCUT2D eigenvalue weighted by atomic mass is 16.5. The number of methoxy groups -OCH3 is 1. The van der Waals surface area contributed by atoms with E-state index >= 15 is 0 Å². The normalized spacial score (nSPS) is 12.2. The summed E-state index contributed by atoms with van der Waals surface area (Å²) in [5, 5.41) is 15.8. The van der Waals surface area contributed by atoms with Gasteiger partial charge in [-0.05, 0) is 43.3 Å². The first kappa shape index (κ1) is 21.0. The molecule has 1 unspecified atom stereocenters. The van der Waals surface area contributed by atoms with Crippen LogP contribution < -0.4 is 19.5 Å². The zero-order valence-electron chi connectivity index (χ0n) is 17.6. The summed E-state index contributed by atoms with van der Waals surface area (Å²) in [6.07, 6.45) is 0.0431. The van der Waals surface area contributed by atoms with Crippen LogP contribution in [0, 0.1) is 0 Å². The summed E-state index contributed by atoms with van der Waals surface area (Å²) in [6, 6.07) is 21.7. The van der Waals surface area contributed by atoms with Crippen molar-refractivity contribution in [2.75, 3.05) is 33.4 Å². The molecule has 6 nitrogen and oxygen atoms in total. The Bertz CT molecular complexity index is 1120. The molecule has 4 rings (SSSR count). The van der Waals surface area contributed by atoms with E-state index in [1.165, 1.54) is 0 Å². The predicted molar refractivity (Wildman–Crippen MR) is 123 cm³/mol. The van der Waals surface area contributed by atoms with Crippen molar-refractivity contribution in [2.24, 2.45) is 0 Å². The third-order valence-corrected chi connectivity index (χ3v) is 5.18. The van der Waals surface area contributed by atoms with Crippen LogP contribution in [0.4, 0.5) is 0 Å². The molecular weight excluding hydrogens is 392 g/mol. The Morgan fingerprint density at radius 2 is 1.58 bits per heavy atom. The maximum absolute atomic E-state index is 10.3. The number of aliphatic hydroxyl groups excluding tert-OH is 1. The van der Waals surface area contributed by atoms with Gasteiger partial charge in [-0.3, -0.25) is 0 Å². The van der Waals surface area contributed by atoms with E-state index in [0.29, 0.717) is 26.1 Å². The zero-order valence-corrected chi connectivity index (χ0v) is 17.6. The lowest BCUT2D eigenvalue weighted by molar-refractivity contribution is 0.100. The summed E-state index contributed by atoms with van der Waals surface area (Å²) in [4.78, 5) is 3.41. The van der Waals surface area contributed by atoms with Crippen LogP contribution >= 0.6 is 0 Å². The summed E-state index contributed by atoms with van der Waals surface area (Å²) in [6.45, 7) is 2.13. The molecule has 6 heteroatoms. The summed E-state index contributed by atoms with van der Waals surface area (Å²) in [5.41, 5.74) is 2.11. The molecule has 0 bridgehead atoms. The molecule has 0 saturated carbocycles. The number of H-pyrrole nitrogens is 1. The monoisotopic (exact) mass is 420 g/mol. The minimum Gasteiger partial charge on any atom is -0.493 e. The van der Waals surface area contributed by atoms with Gasteiger partial charge in [0.1, 0.15) is 19.0 Å². The van der Waals surface area contributed by atoms with Gasteiger partial charge < -0.3 is 29.6 Å². The van der Waals surface area contributed by atoms with Gasteiger partial charge in [0.15, 0.2) is 11.5 Å². The van der Waals surface area contributed by atoms with E-state index in [1.807, 2.05) is 54.6 Å². The molecule has 0 saturated heterocycles. The van der Waals surface area contributed by atoms with Crippen LogP contribution in [0.5, 0.6) is 17.2 Å². The summed E-state index contributed by atoms with van der Waals surface area (Å²) in [7, 11) is 1.63. The Morgan fingerprint density at radius 1 is 0.839 bits per heavy atom. The van der Waals surface area contributed by atoms with Crippen molar-refractivity contribution in [3.05, 3.63) is 66.7 Å². The Labute approximate surface area is 181 Å². The molecule has 0 spiro atoms. The average molecular weight is 421 g/mol. The molecule has 0 aliphatic rings. The first-order valence-electron chi connectivity index (χ1n) is 10.5. The fourth-order valence-corrected chi connectivity index (χ4v) is 3.62. The Hall–Kier alpha value is -3.22. The van der Waals surface area contributed by atoms with Gasteiger partial charge in [-0.2, -0.15) is 0 Å². The van der Waals surface area contributed by atoms with E-state index in [2.05, 4.69) is 22.4 Å². The van der Waals surface area contributed by atoms with Crippen molar-refractivity contribution in [3.63, 3.8) is 0 Å². The lowest BCUT2D eigenvalue weighted by Gasteiger charge is -2.14. The maximum atomic E-state index is 10.3. The number of ether oxygens (including phenoxy) is 3. The summed E-state index contributed by atoms with van der Waals surface area (Å²) in [5.74, 6) is 2.24. The molecule has 0 aliphatic carbocycles. The van der Waals surface area contributed by atoms with E-state index in [9.17, 15) is 5.11 Å². The molecule has 162 valence electrons. The van der Waals surface area contributed by atoms with Crippen molar-refractivity contribution >= 4 is 21.8 Å². The van der Waals surface area contributed by atoms with Gasteiger partial charge in [-0.15, -0.1) is 0 Å². The molecule has 0 aliphatic heterocycles. The van der Waals surface area contributed by atoms with Crippen LogP contribution in [0.25, 0.3) is 21.8 Å². The van der Waals surface area contributed by atoms with E-state index in [-0.39, 0.29) is 6.61 Å². The second-order valence-electron chi connectivity index (χ2n) is 7.35. The number of fused-ring (bicyclic) bond motifs is 3. The van der Waals surface area contributed by atoms with E-state index in [4.69, 9.17) is 14.2 Å². The van der Waals surface area contributed by atoms with Gasteiger partial charge in [0.25, 0.3) is 0 Å². The Balaban J connectivity index is 1.21. The van der Waals surface area contributed by atoms with Gasteiger partial charge in [-0.1, -0.05) is 36.4 Å². The van der Waals surface area contributed by atoms with Crippen molar-refractivity contribution in [2.45, 2.75) is 12.5 Å². The number of hydrogen-bond donors (Lipinski definition) is 3. The van der Waals surface area contributed by atoms with Gasteiger partial charge >= 0.3 is 0 Å². The first-order valence-corrected chi connectivity index (χ1v) is 10.5. The van der Waals surface area contributed by atoms with Crippen molar-refractivity contribution in [1.82, 2.24) is 10.3 Å². The molecule has 0 amide bonds. The van der Waals surface area contributed by atoms with Crippen molar-refractivity contribution < 1.29 is 19.3 Å². The second kappa shape index (κ2) is 10.2. The smallest absolute Gasteiger partial charge is 0.161 e. The number of aromatic nitrogens is 1. The zero-order chi connectivity index (χ0) is 21.5. The third-order valence-electron chi connectivity index (χ3n) is 5.18. The minimum absolute atomic E-state index is 0.248. The molecular formula is C25H28N2O4. The van der Waals surface area contributed by atoms with Crippen LogP contribution in [-0.4, -0.2) is 49.6 Å². The van der Waals surface area contributed by atoms with Gasteiger partial charge in [-0.25, -0.2) is 0 Å². The quantitative estimate of drug-likeness (QED) is 0.318. The van der Waals surface area contributed by atoms with Gasteiger partial charge in [0.2, 0.25) is 0 Å². The lowest BCUT2D eigenvalue weighted by Crippen LogP contribution is -2.27. The second-order valence-corrected chi connectivity index (χ2v) is 7.35. The van der Waals surface area contributed by atoms with Crippen LogP contribution in [0.1, 0.15) is 6.42 Å². The SMILES string of the molecule is COc1ccccc1OCCNCCC(O)COc1cccc2[nH]c3ccccc3c12. The molecule has 4 aromatic rings. The van der Waals surface area contributed by atoms with Gasteiger partial charge in [0, 0.05) is 22.8 Å². The van der Waals surface area contributed by atoms with Crippen LogP contribution in [0.3, 0.4) is 0 Å². The molecule has 0 fully saturated rings. The highest BCUT2D eigenvalue weighted by Gasteiger charge is 2.11. The van der Waals surface area contributed by atoms with Gasteiger partial charge in [0.05, 0.1) is 18.7 Å². The summed E-state index contributed by atoms with van der Waals surface area (Å²) < 4.78 is 17.0. The fourth-order valence-electron chi connectivity index (χ4n) is 3.62. The van der Waals surface area contributed by atoms with E-state index < -0.39 is 6.10 Å². The number of para-hydroxylation sites is 3. The van der Waals surface area contributed by atoms with Crippen molar-refractivity contribution in [1.29, 1.82) is 0 Å². The Kier molecular flexibility index (Phi) is 6.92. The highest BCUT2D eigenvalue weighted by molar-refractivity contribution is 6.10. The van der Waals surface area contributed by atoms with Crippen LogP contribution in [0.15, 0.2) is 66.7 Å². The molecule has 1 atom stereocenters.